The Morgan fingerprint density at radius 1 is 1.32 bits per heavy atom. The molecule has 0 saturated heterocycles. The maximum absolute atomic E-state index is 12.5. The van der Waals surface area contributed by atoms with E-state index in [1.54, 1.807) is 13.1 Å². The zero-order valence-electron chi connectivity index (χ0n) is 15.7. The molecule has 1 fully saturated rings. The molecule has 0 atom stereocenters. The van der Waals surface area contributed by atoms with E-state index in [1.807, 2.05) is 36.4 Å². The van der Waals surface area contributed by atoms with Gasteiger partial charge in [0.15, 0.2) is 5.69 Å². The number of carbonyl (C=O) groups excluding carboxylic acids is 2. The van der Waals surface area contributed by atoms with Crippen molar-refractivity contribution < 1.29 is 14.3 Å². The van der Waals surface area contributed by atoms with Gasteiger partial charge in [0.05, 0.1) is 12.3 Å². The van der Waals surface area contributed by atoms with Gasteiger partial charge in [0.2, 0.25) is 0 Å². The number of carbonyl (C=O) groups is 2. The van der Waals surface area contributed by atoms with E-state index in [0.29, 0.717) is 5.56 Å². The third kappa shape index (κ3) is 4.46. The normalized spacial score (nSPS) is 14.5. The average molecular weight is 378 g/mol. The molecule has 0 bridgehead atoms. The molecule has 0 aliphatic heterocycles. The first-order valence-corrected chi connectivity index (χ1v) is 9.37. The predicted molar refractivity (Wildman–Crippen MR) is 104 cm³/mol. The van der Waals surface area contributed by atoms with Gasteiger partial charge in [0, 0.05) is 17.8 Å². The van der Waals surface area contributed by atoms with Crippen molar-refractivity contribution in [2.75, 3.05) is 6.61 Å². The molecular formula is C21H22N4O3. The molecule has 1 saturated carbocycles. The Labute approximate surface area is 163 Å². The second-order valence-electron chi connectivity index (χ2n) is 6.56. The number of nitriles is 1. The first-order valence-electron chi connectivity index (χ1n) is 9.37. The largest absolute Gasteiger partial charge is 0.461 e. The number of amides is 1. The van der Waals surface area contributed by atoms with Crippen molar-refractivity contribution in [3.05, 3.63) is 53.4 Å². The van der Waals surface area contributed by atoms with Crippen LogP contribution in [0.15, 0.2) is 42.1 Å². The maximum Gasteiger partial charge on any atom is 0.359 e. The summed E-state index contributed by atoms with van der Waals surface area (Å²) in [5, 5.41) is 16.7. The molecule has 1 aliphatic carbocycles. The van der Waals surface area contributed by atoms with Gasteiger partial charge in [-0.1, -0.05) is 31.0 Å². The van der Waals surface area contributed by atoms with E-state index in [0.717, 1.165) is 31.4 Å². The highest BCUT2D eigenvalue weighted by molar-refractivity contribution is 6.03. The van der Waals surface area contributed by atoms with Crippen LogP contribution in [0.3, 0.4) is 0 Å². The SMILES string of the molecule is CCOC(=O)c1nn(-c2ccccc2)cc1/C=C(/C#N)C(=O)NC1CCCC1. The van der Waals surface area contributed by atoms with Crippen molar-refractivity contribution in [2.45, 2.75) is 38.6 Å². The average Bonchev–Trinajstić information content (AvgIpc) is 3.36. The van der Waals surface area contributed by atoms with E-state index in [9.17, 15) is 14.9 Å². The minimum absolute atomic E-state index is 0.0621. The molecule has 28 heavy (non-hydrogen) atoms. The number of rotatable bonds is 6. The van der Waals surface area contributed by atoms with E-state index >= 15 is 0 Å². The molecule has 1 heterocycles. The highest BCUT2D eigenvalue weighted by Gasteiger charge is 2.22. The summed E-state index contributed by atoms with van der Waals surface area (Å²) in [6.07, 6.45) is 7.00. The van der Waals surface area contributed by atoms with E-state index in [1.165, 1.54) is 10.8 Å². The zero-order valence-corrected chi connectivity index (χ0v) is 15.7. The van der Waals surface area contributed by atoms with E-state index in [-0.39, 0.29) is 23.9 Å². The van der Waals surface area contributed by atoms with Gasteiger partial charge in [-0.15, -0.1) is 0 Å². The summed E-state index contributed by atoms with van der Waals surface area (Å²) >= 11 is 0. The summed E-state index contributed by atoms with van der Waals surface area (Å²) in [6.45, 7) is 1.91. The quantitative estimate of drug-likeness (QED) is 0.473. The minimum atomic E-state index is -0.600. The second kappa shape index (κ2) is 9.00. The molecule has 7 nitrogen and oxygen atoms in total. The Bertz CT molecular complexity index is 919. The van der Waals surface area contributed by atoms with E-state index < -0.39 is 11.9 Å². The van der Waals surface area contributed by atoms with Gasteiger partial charge in [-0.05, 0) is 38.0 Å². The second-order valence-corrected chi connectivity index (χ2v) is 6.56. The topological polar surface area (TPSA) is 97.0 Å². The first-order chi connectivity index (χ1) is 13.6. The van der Waals surface area contributed by atoms with Crippen LogP contribution < -0.4 is 5.32 Å². The molecule has 0 unspecified atom stereocenters. The summed E-state index contributed by atoms with van der Waals surface area (Å²) in [4.78, 5) is 24.8. The lowest BCUT2D eigenvalue weighted by Gasteiger charge is -2.10. The Hall–Kier alpha value is -3.40. The van der Waals surface area contributed by atoms with Crippen molar-refractivity contribution >= 4 is 18.0 Å². The number of nitrogens with one attached hydrogen (secondary N) is 1. The summed E-state index contributed by atoms with van der Waals surface area (Å²) in [5.41, 5.74) is 1.11. The molecule has 2 aromatic rings. The molecule has 144 valence electrons. The minimum Gasteiger partial charge on any atom is -0.461 e. The van der Waals surface area contributed by atoms with Crippen molar-refractivity contribution in [1.29, 1.82) is 5.26 Å². The van der Waals surface area contributed by atoms with Gasteiger partial charge < -0.3 is 10.1 Å². The van der Waals surface area contributed by atoms with Crippen LogP contribution in [0, 0.1) is 11.3 Å². The fraction of sp³-hybridized carbons (Fsp3) is 0.333. The Balaban J connectivity index is 1.94. The van der Waals surface area contributed by atoms with Crippen molar-refractivity contribution in [3.8, 4) is 11.8 Å². The van der Waals surface area contributed by atoms with Crippen LogP contribution in [0.1, 0.15) is 48.7 Å². The zero-order chi connectivity index (χ0) is 19.9. The van der Waals surface area contributed by atoms with Gasteiger partial charge in [0.25, 0.3) is 5.91 Å². The highest BCUT2D eigenvalue weighted by Crippen LogP contribution is 2.20. The molecule has 0 radical (unpaired) electrons. The molecule has 0 spiro atoms. The fourth-order valence-electron chi connectivity index (χ4n) is 3.20. The monoisotopic (exact) mass is 378 g/mol. The molecule has 1 N–H and O–H groups in total. The van der Waals surface area contributed by atoms with Gasteiger partial charge in [0.1, 0.15) is 11.6 Å². The van der Waals surface area contributed by atoms with Crippen molar-refractivity contribution in [2.24, 2.45) is 0 Å². The lowest BCUT2D eigenvalue weighted by molar-refractivity contribution is -0.117. The summed E-state index contributed by atoms with van der Waals surface area (Å²) in [7, 11) is 0. The lowest BCUT2D eigenvalue weighted by Crippen LogP contribution is -2.33. The number of hydrogen-bond acceptors (Lipinski definition) is 5. The number of benzene rings is 1. The summed E-state index contributed by atoms with van der Waals surface area (Å²) < 4.78 is 6.60. The summed E-state index contributed by atoms with van der Waals surface area (Å²) in [6, 6.07) is 11.3. The number of esters is 1. The van der Waals surface area contributed by atoms with E-state index in [2.05, 4.69) is 10.4 Å². The van der Waals surface area contributed by atoms with Gasteiger partial charge >= 0.3 is 5.97 Å². The Morgan fingerprint density at radius 3 is 2.68 bits per heavy atom. The van der Waals surface area contributed by atoms with Crippen LogP contribution in [0.25, 0.3) is 11.8 Å². The number of ether oxygens (including phenoxy) is 1. The molecule has 3 rings (SSSR count). The summed E-state index contributed by atoms with van der Waals surface area (Å²) in [5.74, 6) is -1.03. The van der Waals surface area contributed by atoms with Crippen LogP contribution in [-0.2, 0) is 9.53 Å². The van der Waals surface area contributed by atoms with Gasteiger partial charge in [-0.3, -0.25) is 4.79 Å². The van der Waals surface area contributed by atoms with Crippen LogP contribution >= 0.6 is 0 Å². The van der Waals surface area contributed by atoms with Crippen LogP contribution in [-0.4, -0.2) is 34.3 Å². The third-order valence-electron chi connectivity index (χ3n) is 4.59. The fourth-order valence-corrected chi connectivity index (χ4v) is 3.20. The predicted octanol–water partition coefficient (Wildman–Crippen LogP) is 3.01. The van der Waals surface area contributed by atoms with Gasteiger partial charge in [-0.25, -0.2) is 9.48 Å². The Kier molecular flexibility index (Phi) is 6.22. The van der Waals surface area contributed by atoms with Crippen LogP contribution in [0.4, 0.5) is 0 Å². The van der Waals surface area contributed by atoms with Crippen LogP contribution in [0.2, 0.25) is 0 Å². The van der Waals surface area contributed by atoms with Crippen molar-refractivity contribution in [3.63, 3.8) is 0 Å². The first kappa shape index (κ1) is 19.4. The number of aromatic nitrogens is 2. The standard InChI is InChI=1S/C21H22N4O3/c1-2-28-21(27)19-16(14-25(24-19)18-10-4-3-5-11-18)12-15(13-22)20(26)23-17-8-6-7-9-17/h3-5,10-12,14,17H,2,6-9H2,1H3,(H,23,26)/b15-12-. The molecule has 1 amide bonds. The number of hydrogen-bond donors (Lipinski definition) is 1. The number of para-hydroxylation sites is 1. The maximum atomic E-state index is 12.5. The van der Waals surface area contributed by atoms with Crippen LogP contribution in [0.5, 0.6) is 0 Å². The van der Waals surface area contributed by atoms with Crippen molar-refractivity contribution in [1.82, 2.24) is 15.1 Å². The molecule has 1 aliphatic rings. The third-order valence-corrected chi connectivity index (χ3v) is 4.59. The Morgan fingerprint density at radius 2 is 2.04 bits per heavy atom. The molecule has 1 aromatic carbocycles. The molecule has 1 aromatic heterocycles. The molecular weight excluding hydrogens is 356 g/mol. The number of nitrogens with zero attached hydrogens (tertiary/aromatic N) is 3. The van der Waals surface area contributed by atoms with Gasteiger partial charge in [-0.2, -0.15) is 10.4 Å². The highest BCUT2D eigenvalue weighted by atomic mass is 16.5. The smallest absolute Gasteiger partial charge is 0.359 e. The van der Waals surface area contributed by atoms with E-state index in [4.69, 9.17) is 4.74 Å². The lowest BCUT2D eigenvalue weighted by atomic mass is 10.1. The molecule has 7 heteroatoms.